The number of rotatable bonds is 9. The number of benzene rings is 1. The molecular weight excluding hydrogens is 512 g/mol. The van der Waals surface area contributed by atoms with Crippen molar-refractivity contribution in [2.45, 2.75) is 19.3 Å². The van der Waals surface area contributed by atoms with E-state index in [9.17, 15) is 9.59 Å². The Bertz CT molecular complexity index is 1160. The molecule has 0 spiro atoms. The van der Waals surface area contributed by atoms with E-state index in [0.29, 0.717) is 42.7 Å². The fourth-order valence-corrected chi connectivity index (χ4v) is 3.89. The van der Waals surface area contributed by atoms with Gasteiger partial charge in [-0.05, 0) is 65.5 Å². The Morgan fingerprint density at radius 1 is 1.00 bits per heavy atom. The van der Waals surface area contributed by atoms with Crippen molar-refractivity contribution in [1.29, 1.82) is 0 Å². The number of aromatic nitrogens is 3. The number of carbonyl (C=O) groups excluding carboxylic acids is 2. The van der Waals surface area contributed by atoms with Gasteiger partial charge in [-0.1, -0.05) is 12.1 Å². The molecule has 0 saturated carbocycles. The van der Waals surface area contributed by atoms with E-state index in [1.54, 1.807) is 30.6 Å². The van der Waals surface area contributed by atoms with Crippen LogP contribution in [-0.4, -0.2) is 58.0 Å². The van der Waals surface area contributed by atoms with E-state index < -0.39 is 0 Å². The van der Waals surface area contributed by atoms with Crippen LogP contribution >= 0.6 is 15.9 Å². The molecule has 4 rings (SSSR count). The maximum atomic E-state index is 12.4. The molecule has 2 aromatic heterocycles. The number of nitrogens with one attached hydrogen (secondary N) is 4. The minimum atomic E-state index is -0.195. The molecule has 1 fully saturated rings. The smallest absolute Gasteiger partial charge is 0.321 e. The minimum absolute atomic E-state index is 0.0813. The van der Waals surface area contributed by atoms with Crippen molar-refractivity contribution in [2.24, 2.45) is 0 Å². The molecule has 35 heavy (non-hydrogen) atoms. The van der Waals surface area contributed by atoms with Crippen LogP contribution < -0.4 is 21.3 Å². The van der Waals surface area contributed by atoms with Gasteiger partial charge in [-0.25, -0.2) is 9.78 Å². The lowest BCUT2D eigenvalue weighted by Crippen LogP contribution is -2.32. The minimum Gasteiger partial charge on any atom is -0.369 e. The molecule has 11 heteroatoms. The van der Waals surface area contributed by atoms with Crippen molar-refractivity contribution in [3.05, 3.63) is 65.0 Å². The number of hydrogen-bond acceptors (Lipinski definition) is 7. The van der Waals surface area contributed by atoms with Gasteiger partial charge in [-0.3, -0.25) is 9.78 Å². The largest absolute Gasteiger partial charge is 0.369 e. The lowest BCUT2D eigenvalue weighted by molar-refractivity contribution is 0.0948. The SMILES string of the molecule is O=C(NCCCNc1nc(Nc2cccc(NC(=O)N3CCCC3)c2)ncc1Br)c1ccccn1. The predicted molar refractivity (Wildman–Crippen MR) is 139 cm³/mol. The Balaban J connectivity index is 1.27. The van der Waals surface area contributed by atoms with Crippen LogP contribution in [0.3, 0.4) is 0 Å². The molecule has 182 valence electrons. The third-order valence-corrected chi connectivity index (χ3v) is 5.92. The van der Waals surface area contributed by atoms with Crippen LogP contribution in [0, 0.1) is 0 Å². The second-order valence-electron chi connectivity index (χ2n) is 7.97. The van der Waals surface area contributed by atoms with E-state index >= 15 is 0 Å². The van der Waals surface area contributed by atoms with Gasteiger partial charge in [-0.2, -0.15) is 4.98 Å². The van der Waals surface area contributed by atoms with E-state index in [2.05, 4.69) is 52.1 Å². The number of hydrogen-bond donors (Lipinski definition) is 4. The Kier molecular flexibility index (Phi) is 8.44. The van der Waals surface area contributed by atoms with E-state index in [1.165, 1.54) is 0 Å². The lowest BCUT2D eigenvalue weighted by atomic mass is 10.3. The Hall–Kier alpha value is -3.73. The number of anilines is 4. The number of carbonyl (C=O) groups is 2. The van der Waals surface area contributed by atoms with Crippen LogP contribution in [0.25, 0.3) is 0 Å². The van der Waals surface area contributed by atoms with Crippen molar-refractivity contribution >= 4 is 51.0 Å². The van der Waals surface area contributed by atoms with Gasteiger partial charge in [-0.15, -0.1) is 0 Å². The van der Waals surface area contributed by atoms with Crippen LogP contribution in [0.4, 0.5) is 27.9 Å². The summed E-state index contributed by atoms with van der Waals surface area (Å²) >= 11 is 3.46. The molecule has 3 amide bonds. The van der Waals surface area contributed by atoms with Crippen molar-refractivity contribution in [3.8, 4) is 0 Å². The third-order valence-electron chi connectivity index (χ3n) is 5.34. The molecule has 0 radical (unpaired) electrons. The van der Waals surface area contributed by atoms with Gasteiger partial charge in [0.15, 0.2) is 0 Å². The highest BCUT2D eigenvalue weighted by Gasteiger charge is 2.17. The average molecular weight is 539 g/mol. The van der Waals surface area contributed by atoms with Gasteiger partial charge >= 0.3 is 6.03 Å². The highest BCUT2D eigenvalue weighted by atomic mass is 79.9. The molecule has 1 aliphatic rings. The summed E-state index contributed by atoms with van der Waals surface area (Å²) in [6.07, 6.45) is 6.06. The summed E-state index contributed by atoms with van der Waals surface area (Å²) in [4.78, 5) is 39.1. The molecule has 0 bridgehead atoms. The van der Waals surface area contributed by atoms with Crippen LogP contribution in [0.5, 0.6) is 0 Å². The summed E-state index contributed by atoms with van der Waals surface area (Å²) in [5.41, 5.74) is 1.86. The molecule has 1 aromatic carbocycles. The molecule has 3 heterocycles. The van der Waals surface area contributed by atoms with Gasteiger partial charge in [0.2, 0.25) is 5.95 Å². The summed E-state index contributed by atoms with van der Waals surface area (Å²) in [7, 11) is 0. The molecular formula is C24H27BrN8O2. The molecule has 1 saturated heterocycles. The van der Waals surface area contributed by atoms with E-state index in [4.69, 9.17) is 0 Å². The van der Waals surface area contributed by atoms with E-state index in [-0.39, 0.29) is 11.9 Å². The maximum absolute atomic E-state index is 12.4. The van der Waals surface area contributed by atoms with Gasteiger partial charge in [0.1, 0.15) is 11.5 Å². The number of likely N-dealkylation sites (tertiary alicyclic amines) is 1. The quantitative estimate of drug-likeness (QED) is 0.300. The Morgan fingerprint density at radius 2 is 1.83 bits per heavy atom. The second kappa shape index (κ2) is 12.1. The van der Waals surface area contributed by atoms with Gasteiger partial charge in [0, 0.05) is 49.9 Å². The zero-order chi connectivity index (χ0) is 24.5. The fraction of sp³-hybridized carbons (Fsp3) is 0.292. The van der Waals surface area contributed by atoms with Gasteiger partial charge in [0.25, 0.3) is 5.91 Å². The van der Waals surface area contributed by atoms with E-state index in [1.807, 2.05) is 29.2 Å². The number of nitrogens with zero attached hydrogens (tertiary/aromatic N) is 4. The molecule has 10 nitrogen and oxygen atoms in total. The lowest BCUT2D eigenvalue weighted by Gasteiger charge is -2.16. The monoisotopic (exact) mass is 538 g/mol. The number of halogens is 1. The zero-order valence-electron chi connectivity index (χ0n) is 19.1. The predicted octanol–water partition coefficient (Wildman–Crippen LogP) is 4.24. The molecule has 4 N–H and O–H groups in total. The summed E-state index contributed by atoms with van der Waals surface area (Å²) in [5, 5.41) is 12.2. The highest BCUT2D eigenvalue weighted by molar-refractivity contribution is 9.10. The first-order chi connectivity index (χ1) is 17.1. The third kappa shape index (κ3) is 7.12. The molecule has 3 aromatic rings. The second-order valence-corrected chi connectivity index (χ2v) is 8.83. The summed E-state index contributed by atoms with van der Waals surface area (Å²) in [6, 6.07) is 12.6. The normalized spacial score (nSPS) is 12.8. The first kappa shape index (κ1) is 24.4. The highest BCUT2D eigenvalue weighted by Crippen LogP contribution is 2.23. The fourth-order valence-electron chi connectivity index (χ4n) is 3.56. The van der Waals surface area contributed by atoms with Gasteiger partial charge in [0.05, 0.1) is 4.47 Å². The maximum Gasteiger partial charge on any atom is 0.321 e. The number of pyridine rings is 1. The number of amides is 3. The van der Waals surface area contributed by atoms with Crippen molar-refractivity contribution in [3.63, 3.8) is 0 Å². The van der Waals surface area contributed by atoms with Crippen molar-refractivity contribution < 1.29 is 9.59 Å². The van der Waals surface area contributed by atoms with E-state index in [0.717, 1.165) is 36.1 Å². The standard InChI is InChI=1S/C24H27BrN8O2/c25-19-16-29-23(30-17-7-5-8-18(15-17)31-24(35)33-13-3-4-14-33)32-21(19)27-11-6-12-28-22(34)20-9-1-2-10-26-20/h1-2,5,7-10,15-16H,3-4,6,11-14H2,(H,28,34)(H,31,35)(H2,27,29,30,32). The van der Waals surface area contributed by atoms with Crippen molar-refractivity contribution in [1.82, 2.24) is 25.2 Å². The molecule has 0 unspecified atom stereocenters. The summed E-state index contributed by atoms with van der Waals surface area (Å²) < 4.78 is 0.729. The molecule has 0 aliphatic carbocycles. The Labute approximate surface area is 212 Å². The zero-order valence-corrected chi connectivity index (χ0v) is 20.7. The first-order valence-corrected chi connectivity index (χ1v) is 12.3. The number of urea groups is 1. The summed E-state index contributed by atoms with van der Waals surface area (Å²) in [5.74, 6) is 0.860. The van der Waals surface area contributed by atoms with Crippen molar-refractivity contribution in [2.75, 3.05) is 42.1 Å². The Morgan fingerprint density at radius 3 is 2.63 bits per heavy atom. The van der Waals surface area contributed by atoms with Crippen LogP contribution in [0.2, 0.25) is 0 Å². The topological polar surface area (TPSA) is 124 Å². The van der Waals surface area contributed by atoms with Gasteiger partial charge < -0.3 is 26.2 Å². The van der Waals surface area contributed by atoms with Crippen LogP contribution in [0.1, 0.15) is 29.8 Å². The molecule has 1 aliphatic heterocycles. The van der Waals surface area contributed by atoms with Crippen LogP contribution in [-0.2, 0) is 0 Å². The summed E-state index contributed by atoms with van der Waals surface area (Å²) in [6.45, 7) is 2.70. The molecule has 0 atom stereocenters. The first-order valence-electron chi connectivity index (χ1n) is 11.5. The van der Waals surface area contributed by atoms with Crippen LogP contribution in [0.15, 0.2) is 59.3 Å². The average Bonchev–Trinajstić information content (AvgIpc) is 3.42.